The number of amides is 1. The van der Waals surface area contributed by atoms with E-state index < -0.39 is 5.97 Å². The minimum Gasteiger partial charge on any atom is -0.452 e. The van der Waals surface area contributed by atoms with Gasteiger partial charge in [0.2, 0.25) is 0 Å². The molecule has 2 aromatic carbocycles. The Balaban J connectivity index is 2.01. The third kappa shape index (κ3) is 3.88. The van der Waals surface area contributed by atoms with Gasteiger partial charge >= 0.3 is 5.97 Å². The molecule has 0 radical (unpaired) electrons. The first kappa shape index (κ1) is 19.5. The van der Waals surface area contributed by atoms with Crippen LogP contribution in [0.15, 0.2) is 54.6 Å². The smallest absolute Gasteiger partial charge is 0.339 e. The topological polar surface area (TPSA) is 59.5 Å². The largest absolute Gasteiger partial charge is 0.452 e. The molecule has 0 saturated heterocycles. The maximum atomic E-state index is 12.9. The van der Waals surface area contributed by atoms with E-state index >= 15 is 0 Å². The molecule has 0 spiro atoms. The molecule has 5 nitrogen and oxygen atoms in total. The first-order valence-electron chi connectivity index (χ1n) is 9.46. The van der Waals surface area contributed by atoms with Gasteiger partial charge < -0.3 is 9.64 Å². The van der Waals surface area contributed by atoms with Gasteiger partial charge in [-0.25, -0.2) is 9.78 Å². The van der Waals surface area contributed by atoms with Crippen LogP contribution in [0.25, 0.3) is 22.2 Å². The second kappa shape index (κ2) is 8.65. The van der Waals surface area contributed by atoms with E-state index in [0.717, 1.165) is 22.2 Å². The number of benzene rings is 2. The van der Waals surface area contributed by atoms with Gasteiger partial charge in [-0.3, -0.25) is 4.79 Å². The normalized spacial score (nSPS) is 10.7. The fourth-order valence-electron chi connectivity index (χ4n) is 3.31. The predicted molar refractivity (Wildman–Crippen MR) is 110 cm³/mol. The highest BCUT2D eigenvalue weighted by Gasteiger charge is 2.21. The lowest BCUT2D eigenvalue weighted by Crippen LogP contribution is -2.34. The number of rotatable bonds is 6. The minimum absolute atomic E-state index is 0.197. The lowest BCUT2D eigenvalue weighted by molar-refractivity contribution is -0.134. The van der Waals surface area contributed by atoms with E-state index in [2.05, 4.69) is 0 Å². The predicted octanol–water partition coefficient (Wildman–Crippen LogP) is 4.24. The monoisotopic (exact) mass is 376 g/mol. The molecular formula is C23H24N2O3. The Morgan fingerprint density at radius 3 is 2.29 bits per heavy atom. The summed E-state index contributed by atoms with van der Waals surface area (Å²) in [7, 11) is 0. The lowest BCUT2D eigenvalue weighted by Gasteiger charge is -2.19. The molecule has 1 aromatic heterocycles. The number of esters is 1. The van der Waals surface area contributed by atoms with E-state index in [4.69, 9.17) is 9.72 Å². The zero-order chi connectivity index (χ0) is 20.1. The van der Waals surface area contributed by atoms with Crippen molar-refractivity contribution in [2.45, 2.75) is 20.8 Å². The highest BCUT2D eigenvalue weighted by atomic mass is 16.5. The lowest BCUT2D eigenvalue weighted by atomic mass is 9.98. The van der Waals surface area contributed by atoms with Gasteiger partial charge in [0, 0.05) is 24.0 Å². The molecule has 0 bridgehead atoms. The Kier molecular flexibility index (Phi) is 6.04. The van der Waals surface area contributed by atoms with Crippen molar-refractivity contribution in [1.82, 2.24) is 9.88 Å². The average molecular weight is 376 g/mol. The molecule has 144 valence electrons. The Morgan fingerprint density at radius 1 is 0.964 bits per heavy atom. The maximum absolute atomic E-state index is 12.9. The molecule has 0 N–H and O–H groups in total. The van der Waals surface area contributed by atoms with Crippen molar-refractivity contribution in [3.8, 4) is 11.3 Å². The fraction of sp³-hybridized carbons (Fsp3) is 0.261. The van der Waals surface area contributed by atoms with Crippen molar-refractivity contribution in [2.24, 2.45) is 0 Å². The number of carbonyl (C=O) groups is 2. The van der Waals surface area contributed by atoms with Crippen LogP contribution in [0.2, 0.25) is 0 Å². The number of ether oxygens (including phenoxy) is 1. The van der Waals surface area contributed by atoms with Crippen molar-refractivity contribution in [3.05, 3.63) is 65.7 Å². The fourth-order valence-corrected chi connectivity index (χ4v) is 3.31. The van der Waals surface area contributed by atoms with Crippen LogP contribution in [0, 0.1) is 6.92 Å². The summed E-state index contributed by atoms with van der Waals surface area (Å²) in [5.41, 5.74) is 3.58. The number of fused-ring (bicyclic) bond motifs is 1. The molecule has 0 aliphatic heterocycles. The maximum Gasteiger partial charge on any atom is 0.339 e. The number of hydrogen-bond acceptors (Lipinski definition) is 4. The standard InChI is InChI=1S/C23H24N2O3/c1-4-25(5-2)20(26)15-28-23(27)21-16(3)22(17-11-7-6-8-12-17)24-19-14-10-9-13-18(19)21/h6-14H,4-5,15H2,1-3H3. The second-order valence-electron chi connectivity index (χ2n) is 6.49. The van der Waals surface area contributed by atoms with Crippen LogP contribution in [-0.4, -0.2) is 41.5 Å². The third-order valence-electron chi connectivity index (χ3n) is 4.83. The summed E-state index contributed by atoms with van der Waals surface area (Å²) >= 11 is 0. The van der Waals surface area contributed by atoms with Crippen LogP contribution < -0.4 is 0 Å². The van der Waals surface area contributed by atoms with Gasteiger partial charge in [-0.2, -0.15) is 0 Å². The van der Waals surface area contributed by atoms with Crippen LogP contribution in [0.1, 0.15) is 29.8 Å². The number of hydrogen-bond donors (Lipinski definition) is 0. The zero-order valence-corrected chi connectivity index (χ0v) is 16.4. The van der Waals surface area contributed by atoms with Crippen LogP contribution in [-0.2, 0) is 9.53 Å². The first-order chi connectivity index (χ1) is 13.6. The van der Waals surface area contributed by atoms with E-state index in [9.17, 15) is 9.59 Å². The molecule has 0 unspecified atom stereocenters. The highest BCUT2D eigenvalue weighted by Crippen LogP contribution is 2.30. The van der Waals surface area contributed by atoms with Crippen LogP contribution in [0.3, 0.4) is 0 Å². The van der Waals surface area contributed by atoms with Crippen LogP contribution in [0.4, 0.5) is 0 Å². The van der Waals surface area contributed by atoms with E-state index in [1.807, 2.05) is 75.4 Å². The number of para-hydroxylation sites is 1. The number of carbonyl (C=O) groups excluding carboxylic acids is 2. The quantitative estimate of drug-likeness (QED) is 0.604. The molecule has 0 aliphatic rings. The van der Waals surface area contributed by atoms with Gasteiger partial charge in [0.25, 0.3) is 5.91 Å². The molecule has 0 aliphatic carbocycles. The number of likely N-dealkylation sites (N-methyl/N-ethyl adjacent to an activating group) is 1. The summed E-state index contributed by atoms with van der Waals surface area (Å²) in [6.07, 6.45) is 0. The van der Waals surface area contributed by atoms with E-state index in [1.54, 1.807) is 4.90 Å². The summed E-state index contributed by atoms with van der Waals surface area (Å²) in [6, 6.07) is 17.2. The molecule has 5 heteroatoms. The van der Waals surface area contributed by atoms with Gasteiger partial charge in [-0.05, 0) is 32.4 Å². The zero-order valence-electron chi connectivity index (χ0n) is 16.4. The first-order valence-corrected chi connectivity index (χ1v) is 9.46. The van der Waals surface area contributed by atoms with Crippen molar-refractivity contribution in [3.63, 3.8) is 0 Å². The van der Waals surface area contributed by atoms with E-state index in [1.165, 1.54) is 0 Å². The number of nitrogens with zero attached hydrogens (tertiary/aromatic N) is 2. The molecular weight excluding hydrogens is 352 g/mol. The van der Waals surface area contributed by atoms with Crippen molar-refractivity contribution >= 4 is 22.8 Å². The third-order valence-corrected chi connectivity index (χ3v) is 4.83. The van der Waals surface area contributed by atoms with Crippen molar-refractivity contribution < 1.29 is 14.3 Å². The summed E-state index contributed by atoms with van der Waals surface area (Å²) in [6.45, 7) is 6.57. The van der Waals surface area contributed by atoms with Gasteiger partial charge in [-0.15, -0.1) is 0 Å². The molecule has 0 fully saturated rings. The van der Waals surface area contributed by atoms with Crippen LogP contribution >= 0.6 is 0 Å². The Labute approximate surface area is 165 Å². The van der Waals surface area contributed by atoms with Gasteiger partial charge in [0.05, 0.1) is 16.8 Å². The Morgan fingerprint density at radius 2 is 1.61 bits per heavy atom. The van der Waals surface area contributed by atoms with Gasteiger partial charge in [-0.1, -0.05) is 48.5 Å². The molecule has 1 amide bonds. The molecule has 0 atom stereocenters. The van der Waals surface area contributed by atoms with Crippen molar-refractivity contribution in [1.29, 1.82) is 0 Å². The molecule has 3 rings (SSSR count). The Hall–Kier alpha value is -3.21. The molecule has 28 heavy (non-hydrogen) atoms. The molecule has 3 aromatic rings. The summed E-state index contributed by atoms with van der Waals surface area (Å²) < 4.78 is 5.40. The number of aromatic nitrogens is 1. The van der Waals surface area contributed by atoms with Crippen molar-refractivity contribution in [2.75, 3.05) is 19.7 Å². The summed E-state index contributed by atoms with van der Waals surface area (Å²) in [5.74, 6) is -0.702. The van der Waals surface area contributed by atoms with Gasteiger partial charge in [0.15, 0.2) is 6.61 Å². The average Bonchev–Trinajstić information content (AvgIpc) is 2.73. The van der Waals surface area contributed by atoms with Crippen LogP contribution in [0.5, 0.6) is 0 Å². The summed E-state index contributed by atoms with van der Waals surface area (Å²) in [5, 5.41) is 0.722. The number of pyridine rings is 1. The van der Waals surface area contributed by atoms with Gasteiger partial charge in [0.1, 0.15) is 0 Å². The minimum atomic E-state index is -0.506. The summed E-state index contributed by atoms with van der Waals surface area (Å²) in [4.78, 5) is 31.6. The van der Waals surface area contributed by atoms with E-state index in [-0.39, 0.29) is 12.5 Å². The SMILES string of the molecule is CCN(CC)C(=O)COC(=O)c1c(C)c(-c2ccccc2)nc2ccccc12. The molecule has 0 saturated carbocycles. The van der Waals surface area contributed by atoms with E-state index in [0.29, 0.717) is 24.2 Å². The highest BCUT2D eigenvalue weighted by molar-refractivity contribution is 6.06. The second-order valence-corrected chi connectivity index (χ2v) is 6.49. The Bertz CT molecular complexity index is 995. The molecule has 1 heterocycles.